The van der Waals surface area contributed by atoms with Crippen molar-refractivity contribution in [3.8, 4) is 0 Å². The summed E-state index contributed by atoms with van der Waals surface area (Å²) in [7, 11) is 0.120. The first-order chi connectivity index (χ1) is 4.15. The van der Waals surface area contributed by atoms with E-state index in [1.165, 1.54) is 0 Å². The van der Waals surface area contributed by atoms with Gasteiger partial charge in [-0.2, -0.15) is 5.75 Å². The molecule has 0 unspecified atom stereocenters. The average Bonchev–Trinajstić information content (AvgIpc) is 1.66. The molecule has 0 aliphatic carbocycles. The molecule has 10 heavy (non-hydrogen) atoms. The summed E-state index contributed by atoms with van der Waals surface area (Å²) >= 11 is 4.49. The van der Waals surface area contributed by atoms with E-state index in [0.29, 0.717) is 5.75 Å². The maximum absolute atomic E-state index is 8.00. The van der Waals surface area contributed by atoms with Crippen molar-refractivity contribution in [2.45, 2.75) is 6.42 Å². The topological polar surface area (TPSA) is 20.2 Å². The van der Waals surface area contributed by atoms with E-state index in [1.807, 2.05) is 0 Å². The second kappa shape index (κ2) is 16.8. The molecule has 0 bridgehead atoms. The van der Waals surface area contributed by atoms with Gasteiger partial charge in [-0.1, -0.05) is 6.42 Å². The molecule has 0 aromatic heterocycles. The van der Waals surface area contributed by atoms with Gasteiger partial charge < -0.3 is 17.7 Å². The van der Waals surface area contributed by atoms with Crippen molar-refractivity contribution in [1.29, 1.82) is 0 Å². The first-order valence-corrected chi connectivity index (χ1v) is 6.68. The summed E-state index contributed by atoms with van der Waals surface area (Å²) in [6, 6.07) is 0. The van der Waals surface area contributed by atoms with Crippen LogP contribution in [0.25, 0.3) is 0 Å². The Morgan fingerprint density at radius 3 is 1.60 bits per heavy atom. The van der Waals surface area contributed by atoms with E-state index in [-0.39, 0.29) is 36.9 Å². The van der Waals surface area contributed by atoms with Gasteiger partial charge in [0, 0.05) is 26.6 Å². The van der Waals surface area contributed by atoms with Crippen LogP contribution in [0, 0.1) is 0 Å². The van der Waals surface area contributed by atoms with E-state index in [1.54, 1.807) is 0 Å². The Labute approximate surface area is 86.7 Å². The summed E-state index contributed by atoms with van der Waals surface area (Å²) in [5.41, 5.74) is 0. The molecule has 0 aliphatic heterocycles. The van der Waals surface area contributed by atoms with Crippen LogP contribution < -0.4 is 0 Å². The Morgan fingerprint density at radius 1 is 1.30 bits per heavy atom. The zero-order valence-corrected chi connectivity index (χ0v) is 10.8. The van der Waals surface area contributed by atoms with Gasteiger partial charge in [0.05, 0.1) is 0 Å². The number of aliphatic hydroxyl groups is 1. The van der Waals surface area contributed by atoms with E-state index in [0.717, 1.165) is 6.42 Å². The number of rotatable bonds is 2. The van der Waals surface area contributed by atoms with E-state index < -0.39 is 0 Å². The minimum absolute atomic E-state index is 0. The van der Waals surface area contributed by atoms with Gasteiger partial charge in [-0.25, -0.2) is 0 Å². The van der Waals surface area contributed by atoms with Crippen LogP contribution in [0.15, 0.2) is 0 Å². The zero-order chi connectivity index (χ0) is 7.70. The van der Waals surface area contributed by atoms with Gasteiger partial charge in [0.15, 0.2) is 0 Å². The van der Waals surface area contributed by atoms with Crippen LogP contribution in [0.1, 0.15) is 6.42 Å². The van der Waals surface area contributed by atoms with E-state index >= 15 is 0 Å². The van der Waals surface area contributed by atoms with Crippen molar-refractivity contribution in [3.05, 3.63) is 0 Å². The molecule has 0 heterocycles. The summed E-state index contributed by atoms with van der Waals surface area (Å²) in [5.74, 6) is 0.677. The van der Waals surface area contributed by atoms with Crippen LogP contribution in [0.3, 0.4) is 0 Å². The molecule has 1 nitrogen and oxygen atoms in total. The smallest absolute Gasteiger partial charge is 0.793 e. The molecule has 4 heteroatoms. The molecule has 0 rings (SSSR count). The molecular weight excluding hydrogens is 348 g/mol. The van der Waals surface area contributed by atoms with Crippen molar-refractivity contribution < 1.29 is 27.5 Å². The second-order valence-electron chi connectivity index (χ2n) is 2.28. The van der Waals surface area contributed by atoms with Crippen LogP contribution in [-0.4, -0.2) is 37.5 Å². The Bertz CT molecular complexity index is 42.0. The van der Waals surface area contributed by atoms with Crippen molar-refractivity contribution in [2.75, 3.05) is 32.4 Å². The van der Waals surface area contributed by atoms with Gasteiger partial charge in [0.2, 0.25) is 0 Å². The zero-order valence-electron chi connectivity index (χ0n) is 6.78. The van der Waals surface area contributed by atoms with Crippen LogP contribution in [-0.2, 0) is 35.0 Å². The fourth-order valence-corrected chi connectivity index (χ4v) is 0.194. The number of hydrogen-bond acceptors (Lipinski definition) is 2. The molecule has 0 fully saturated rings. The average molecular weight is 365 g/mol. The summed E-state index contributed by atoms with van der Waals surface area (Å²) < 4.78 is 0. The SMILES string of the molecule is C[PH+](C)C.OCCC[S-].[Au+]. The number of hydrogen-bond donors (Lipinski definition) is 1. The molecule has 0 saturated heterocycles. The van der Waals surface area contributed by atoms with Crippen LogP contribution >= 0.6 is 7.92 Å². The first kappa shape index (κ1) is 17.5. The third-order valence-electron chi connectivity index (χ3n) is 0.302. The van der Waals surface area contributed by atoms with Gasteiger partial charge >= 0.3 is 22.4 Å². The Morgan fingerprint density at radius 2 is 1.60 bits per heavy atom. The van der Waals surface area contributed by atoms with Gasteiger partial charge in [0.1, 0.15) is 0 Å². The van der Waals surface area contributed by atoms with Crippen molar-refractivity contribution in [1.82, 2.24) is 0 Å². The minimum Gasteiger partial charge on any atom is -0.793 e. The molecule has 68 valence electrons. The molecule has 0 saturated carbocycles. The fraction of sp³-hybridized carbons (Fsp3) is 1.00. The predicted molar refractivity (Wildman–Crippen MR) is 50.0 cm³/mol. The van der Waals surface area contributed by atoms with Crippen molar-refractivity contribution in [3.63, 3.8) is 0 Å². The summed E-state index contributed by atoms with van der Waals surface area (Å²) in [6.45, 7) is 7.05. The molecule has 0 aromatic carbocycles. The van der Waals surface area contributed by atoms with Crippen molar-refractivity contribution >= 4 is 20.6 Å². The molecule has 0 aliphatic rings. The summed E-state index contributed by atoms with van der Waals surface area (Å²) in [4.78, 5) is 0. The standard InChI is InChI=1S/C3H8OS.C3H9P.Au/c4-2-1-3-5;1-4(2)3;/h4-5H,1-3H2;1-3H3;/q;;+1. The molecule has 0 spiro atoms. The largest absolute Gasteiger partial charge is 1.00 e. The molecular formula is C6H17AuOPS+. The van der Waals surface area contributed by atoms with Gasteiger partial charge in [0.25, 0.3) is 0 Å². The van der Waals surface area contributed by atoms with E-state index in [4.69, 9.17) is 5.11 Å². The molecule has 1 N–H and O–H groups in total. The quantitative estimate of drug-likeness (QED) is 0.448. The summed E-state index contributed by atoms with van der Waals surface area (Å²) in [6.07, 6.45) is 0.759. The maximum atomic E-state index is 8.00. The minimum atomic E-state index is 0. The predicted octanol–water partition coefficient (Wildman–Crippen LogP) is 1.00. The van der Waals surface area contributed by atoms with Gasteiger partial charge in [-0.05, 0) is 7.92 Å². The summed E-state index contributed by atoms with van der Waals surface area (Å²) in [5, 5.41) is 8.00. The Hall–Kier alpha value is 1.48. The van der Waals surface area contributed by atoms with E-state index in [2.05, 4.69) is 32.6 Å². The maximum Gasteiger partial charge on any atom is 1.00 e. The Kier molecular flexibility index (Phi) is 29.5. The first-order valence-electron chi connectivity index (χ1n) is 3.10. The third kappa shape index (κ3) is 56.3. The molecule has 0 amide bonds. The molecule has 0 radical (unpaired) electrons. The van der Waals surface area contributed by atoms with Gasteiger partial charge in [-0.15, -0.1) is 0 Å². The fourth-order valence-electron chi connectivity index (χ4n) is 0.0645. The third-order valence-corrected chi connectivity index (χ3v) is 0.591. The van der Waals surface area contributed by atoms with Crippen LogP contribution in [0.5, 0.6) is 0 Å². The molecule has 0 aromatic rings. The second-order valence-corrected chi connectivity index (χ2v) is 5.69. The van der Waals surface area contributed by atoms with Crippen molar-refractivity contribution in [2.24, 2.45) is 0 Å². The van der Waals surface area contributed by atoms with Crippen LogP contribution in [0.4, 0.5) is 0 Å². The normalized spacial score (nSPS) is 7.80. The van der Waals surface area contributed by atoms with E-state index in [9.17, 15) is 0 Å². The monoisotopic (exact) mass is 365 g/mol. The Balaban J connectivity index is -0.0000000910. The van der Waals surface area contributed by atoms with Crippen LogP contribution in [0.2, 0.25) is 0 Å². The molecule has 0 atom stereocenters. The van der Waals surface area contributed by atoms with Gasteiger partial charge in [-0.3, -0.25) is 0 Å². The number of aliphatic hydroxyl groups excluding tert-OH is 1.